The van der Waals surface area contributed by atoms with E-state index in [-0.39, 0.29) is 0 Å². The van der Waals surface area contributed by atoms with Gasteiger partial charge in [0.2, 0.25) is 0 Å². The van der Waals surface area contributed by atoms with E-state index in [1.165, 1.54) is 5.56 Å². The summed E-state index contributed by atoms with van der Waals surface area (Å²) in [5.74, 6) is 1.91. The van der Waals surface area contributed by atoms with Crippen molar-refractivity contribution in [3.05, 3.63) is 52.5 Å². The van der Waals surface area contributed by atoms with Crippen LogP contribution in [-0.2, 0) is 6.54 Å². The van der Waals surface area contributed by atoms with E-state index >= 15 is 0 Å². The third kappa shape index (κ3) is 3.97. The van der Waals surface area contributed by atoms with Gasteiger partial charge in [0, 0.05) is 24.6 Å². The van der Waals surface area contributed by atoms with Crippen molar-refractivity contribution >= 4 is 27.6 Å². The molecule has 0 bridgehead atoms. The zero-order valence-corrected chi connectivity index (χ0v) is 13.5. The Kier molecular flexibility index (Phi) is 5.41. The van der Waals surface area contributed by atoms with Crippen molar-refractivity contribution in [1.82, 2.24) is 4.98 Å². The molecule has 2 aromatic rings. The summed E-state index contributed by atoms with van der Waals surface area (Å²) in [6, 6.07) is 14.4. The third-order valence-electron chi connectivity index (χ3n) is 3.05. The van der Waals surface area contributed by atoms with Gasteiger partial charge in [-0.25, -0.2) is 4.98 Å². The zero-order valence-electron chi connectivity index (χ0n) is 11.9. The van der Waals surface area contributed by atoms with E-state index < -0.39 is 0 Å². The third-order valence-corrected chi connectivity index (χ3v) is 3.82. The van der Waals surface area contributed by atoms with Crippen molar-refractivity contribution < 1.29 is 0 Å². The van der Waals surface area contributed by atoms with Crippen LogP contribution in [0.15, 0.2) is 46.9 Å². The van der Waals surface area contributed by atoms with Crippen LogP contribution in [-0.4, -0.2) is 18.6 Å². The molecule has 0 aliphatic rings. The highest BCUT2D eigenvalue weighted by atomic mass is 79.9. The van der Waals surface area contributed by atoms with Gasteiger partial charge < -0.3 is 10.2 Å². The molecule has 4 heteroatoms. The molecule has 0 radical (unpaired) electrons. The first-order chi connectivity index (χ1) is 9.70. The average molecular weight is 334 g/mol. The van der Waals surface area contributed by atoms with Crippen LogP contribution in [0.5, 0.6) is 0 Å². The fraction of sp³-hybridized carbons (Fsp3) is 0.312. The molecule has 1 aromatic carbocycles. The van der Waals surface area contributed by atoms with Gasteiger partial charge in [0.25, 0.3) is 0 Å². The Morgan fingerprint density at radius 2 is 1.95 bits per heavy atom. The minimum absolute atomic E-state index is 0.825. The highest BCUT2D eigenvalue weighted by Gasteiger charge is 2.06. The predicted molar refractivity (Wildman–Crippen MR) is 89.3 cm³/mol. The number of rotatable bonds is 6. The van der Waals surface area contributed by atoms with Crippen LogP contribution in [0.3, 0.4) is 0 Å². The van der Waals surface area contributed by atoms with Crippen LogP contribution in [0, 0.1) is 0 Å². The van der Waals surface area contributed by atoms with Gasteiger partial charge in [0.1, 0.15) is 11.6 Å². The molecule has 0 spiro atoms. The molecule has 0 atom stereocenters. The number of nitrogens with zero attached hydrogens (tertiary/aromatic N) is 2. The summed E-state index contributed by atoms with van der Waals surface area (Å²) >= 11 is 3.59. The van der Waals surface area contributed by atoms with Crippen molar-refractivity contribution in [1.29, 1.82) is 0 Å². The number of hydrogen-bond acceptors (Lipinski definition) is 3. The first-order valence-electron chi connectivity index (χ1n) is 6.86. The van der Waals surface area contributed by atoms with Crippen molar-refractivity contribution in [3.63, 3.8) is 0 Å². The molecule has 20 heavy (non-hydrogen) atoms. The first-order valence-corrected chi connectivity index (χ1v) is 7.65. The molecule has 0 aliphatic carbocycles. The SMILES string of the molecule is CCCNc1cccc(N(C)Cc2ccccc2Br)n1. The van der Waals surface area contributed by atoms with Gasteiger partial charge in [0.05, 0.1) is 0 Å². The van der Waals surface area contributed by atoms with Crippen molar-refractivity contribution in [2.24, 2.45) is 0 Å². The van der Waals surface area contributed by atoms with E-state index in [0.717, 1.165) is 35.6 Å². The van der Waals surface area contributed by atoms with Crippen molar-refractivity contribution in [2.75, 3.05) is 23.8 Å². The number of benzene rings is 1. The normalized spacial score (nSPS) is 10.3. The zero-order chi connectivity index (χ0) is 14.4. The second-order valence-corrected chi connectivity index (χ2v) is 5.61. The number of halogens is 1. The summed E-state index contributed by atoms with van der Waals surface area (Å²) < 4.78 is 1.13. The quantitative estimate of drug-likeness (QED) is 0.854. The summed E-state index contributed by atoms with van der Waals surface area (Å²) in [5, 5.41) is 3.32. The Bertz CT molecular complexity index is 557. The maximum absolute atomic E-state index is 4.64. The van der Waals surface area contributed by atoms with Crippen LogP contribution < -0.4 is 10.2 Å². The Labute approximate surface area is 129 Å². The lowest BCUT2D eigenvalue weighted by molar-refractivity contribution is 0.890. The average Bonchev–Trinajstić information content (AvgIpc) is 2.48. The van der Waals surface area contributed by atoms with E-state index in [1.54, 1.807) is 0 Å². The molecular weight excluding hydrogens is 314 g/mol. The fourth-order valence-corrected chi connectivity index (χ4v) is 2.36. The summed E-state index contributed by atoms with van der Waals surface area (Å²) in [6.07, 6.45) is 1.10. The molecule has 2 rings (SSSR count). The van der Waals surface area contributed by atoms with Crippen molar-refractivity contribution in [3.8, 4) is 0 Å². The Morgan fingerprint density at radius 1 is 1.15 bits per heavy atom. The number of nitrogens with one attached hydrogen (secondary N) is 1. The van der Waals surface area contributed by atoms with Gasteiger partial charge in [0.15, 0.2) is 0 Å². The maximum atomic E-state index is 4.64. The molecule has 0 unspecified atom stereocenters. The van der Waals surface area contributed by atoms with Crippen LogP contribution in [0.1, 0.15) is 18.9 Å². The lowest BCUT2D eigenvalue weighted by atomic mass is 10.2. The van der Waals surface area contributed by atoms with Gasteiger partial charge in [-0.15, -0.1) is 0 Å². The topological polar surface area (TPSA) is 28.2 Å². The largest absolute Gasteiger partial charge is 0.370 e. The van der Waals surface area contributed by atoms with E-state index in [0.29, 0.717) is 0 Å². The van der Waals surface area contributed by atoms with Gasteiger partial charge in [-0.1, -0.05) is 47.1 Å². The van der Waals surface area contributed by atoms with E-state index in [1.807, 2.05) is 24.3 Å². The van der Waals surface area contributed by atoms with Gasteiger partial charge >= 0.3 is 0 Å². The van der Waals surface area contributed by atoms with E-state index in [2.05, 4.69) is 63.3 Å². The highest BCUT2D eigenvalue weighted by molar-refractivity contribution is 9.10. The molecule has 0 aliphatic heterocycles. The smallest absolute Gasteiger partial charge is 0.130 e. The van der Waals surface area contributed by atoms with Crippen molar-refractivity contribution in [2.45, 2.75) is 19.9 Å². The van der Waals surface area contributed by atoms with Gasteiger partial charge in [-0.05, 0) is 30.2 Å². The van der Waals surface area contributed by atoms with E-state index in [4.69, 9.17) is 0 Å². The molecule has 0 saturated carbocycles. The second-order valence-electron chi connectivity index (χ2n) is 4.76. The lowest BCUT2D eigenvalue weighted by Gasteiger charge is -2.19. The standard InChI is InChI=1S/C16H20BrN3/c1-3-11-18-15-9-6-10-16(19-15)20(2)12-13-7-4-5-8-14(13)17/h4-10H,3,11-12H2,1-2H3,(H,18,19). The Morgan fingerprint density at radius 3 is 2.70 bits per heavy atom. The summed E-state index contributed by atoms with van der Waals surface area (Å²) in [6.45, 7) is 3.92. The summed E-state index contributed by atoms with van der Waals surface area (Å²) in [4.78, 5) is 6.79. The molecule has 0 amide bonds. The minimum atomic E-state index is 0.825. The van der Waals surface area contributed by atoms with Crippen LogP contribution in [0.4, 0.5) is 11.6 Å². The first kappa shape index (κ1) is 14.9. The summed E-state index contributed by atoms with van der Waals surface area (Å²) in [5.41, 5.74) is 1.25. The predicted octanol–water partition coefficient (Wildman–Crippen LogP) is 4.30. The summed E-state index contributed by atoms with van der Waals surface area (Å²) in [7, 11) is 2.06. The number of aromatic nitrogens is 1. The monoisotopic (exact) mass is 333 g/mol. The Hall–Kier alpha value is -1.55. The van der Waals surface area contributed by atoms with E-state index in [9.17, 15) is 0 Å². The molecule has 0 saturated heterocycles. The molecule has 1 N–H and O–H groups in total. The molecule has 1 heterocycles. The van der Waals surface area contributed by atoms with Crippen LogP contribution in [0.2, 0.25) is 0 Å². The van der Waals surface area contributed by atoms with Crippen LogP contribution >= 0.6 is 15.9 Å². The highest BCUT2D eigenvalue weighted by Crippen LogP contribution is 2.20. The number of pyridine rings is 1. The molecule has 3 nitrogen and oxygen atoms in total. The van der Waals surface area contributed by atoms with Crippen LogP contribution in [0.25, 0.3) is 0 Å². The second kappa shape index (κ2) is 7.29. The van der Waals surface area contributed by atoms with Gasteiger partial charge in [-0.2, -0.15) is 0 Å². The number of anilines is 2. The maximum Gasteiger partial charge on any atom is 0.130 e. The number of hydrogen-bond donors (Lipinski definition) is 1. The van der Waals surface area contributed by atoms with Gasteiger partial charge in [-0.3, -0.25) is 0 Å². The molecule has 106 valence electrons. The molecule has 0 fully saturated rings. The Balaban J connectivity index is 2.09. The fourth-order valence-electron chi connectivity index (χ4n) is 1.95. The minimum Gasteiger partial charge on any atom is -0.370 e. The lowest BCUT2D eigenvalue weighted by Crippen LogP contribution is -2.18. The molecule has 1 aromatic heterocycles. The molecular formula is C16H20BrN3.